The molecule has 0 aliphatic rings. The van der Waals surface area contributed by atoms with Gasteiger partial charge in [0.05, 0.1) is 13.2 Å². The number of ether oxygens (including phenoxy) is 2. The minimum Gasteiger partial charge on any atom is -0.462 e. The summed E-state index contributed by atoms with van der Waals surface area (Å²) in [5, 5.41) is 0. The van der Waals surface area contributed by atoms with Gasteiger partial charge in [-0.25, -0.2) is 4.57 Å². The molecule has 2 unspecified atom stereocenters. The summed E-state index contributed by atoms with van der Waals surface area (Å²) < 4.78 is 32.7. The number of esters is 2. The van der Waals surface area contributed by atoms with E-state index in [4.69, 9.17) is 18.5 Å². The second-order valence-electron chi connectivity index (χ2n) is 16.1. The van der Waals surface area contributed by atoms with Crippen molar-refractivity contribution in [1.29, 1.82) is 0 Å². The Labute approximate surface area is 352 Å². The van der Waals surface area contributed by atoms with Crippen LogP contribution in [0.2, 0.25) is 0 Å². The highest BCUT2D eigenvalue weighted by Gasteiger charge is 2.25. The molecule has 0 aliphatic carbocycles. The average Bonchev–Trinajstić information content (AvgIpc) is 3.19. The number of phosphoric ester groups is 1. The zero-order valence-corrected chi connectivity index (χ0v) is 38.4. The van der Waals surface area contributed by atoms with Gasteiger partial charge in [0.25, 0.3) is 0 Å². The Morgan fingerprint density at radius 2 is 0.789 bits per heavy atom. The van der Waals surface area contributed by atoms with Crippen molar-refractivity contribution in [3.8, 4) is 0 Å². The van der Waals surface area contributed by atoms with Gasteiger partial charge in [-0.1, -0.05) is 186 Å². The molecule has 57 heavy (non-hydrogen) atoms. The van der Waals surface area contributed by atoms with Crippen LogP contribution in [0.3, 0.4) is 0 Å². The van der Waals surface area contributed by atoms with Gasteiger partial charge in [-0.2, -0.15) is 0 Å². The second kappa shape index (κ2) is 44.1. The molecule has 0 aliphatic heterocycles. The van der Waals surface area contributed by atoms with E-state index in [-0.39, 0.29) is 32.0 Å². The number of carbonyl (C=O) groups excluding carboxylic acids is 2. The molecule has 0 aromatic heterocycles. The van der Waals surface area contributed by atoms with E-state index in [2.05, 4.69) is 38.2 Å². The van der Waals surface area contributed by atoms with E-state index < -0.39 is 26.5 Å². The van der Waals surface area contributed by atoms with Crippen LogP contribution in [0.5, 0.6) is 0 Å². The van der Waals surface area contributed by atoms with Gasteiger partial charge in [-0.3, -0.25) is 18.6 Å². The summed E-state index contributed by atoms with van der Waals surface area (Å²) in [6, 6.07) is 0. The normalized spacial score (nSPS) is 13.4. The standard InChI is InChI=1S/C48H91O8P/c1-4-7-9-11-13-15-17-19-21-22-23-24-25-26-27-28-29-31-33-35-37-39-41-43-48(50)56-46(45-55-57(51,52)54-6-3)44-53-47(49)42-40-38-36-34-32-30-20-18-16-14-12-10-8-5-2/h18,20,22-23,46H,4-17,19,21,24-45H2,1-3H3,(H,51,52)/b20-18-,23-22-. The molecule has 0 fully saturated rings. The largest absolute Gasteiger partial charge is 0.472 e. The fourth-order valence-corrected chi connectivity index (χ4v) is 7.67. The summed E-state index contributed by atoms with van der Waals surface area (Å²) in [7, 11) is -4.28. The van der Waals surface area contributed by atoms with Crippen molar-refractivity contribution in [2.45, 2.75) is 252 Å². The van der Waals surface area contributed by atoms with Crippen molar-refractivity contribution in [3.63, 3.8) is 0 Å². The summed E-state index contributed by atoms with van der Waals surface area (Å²) in [6.45, 7) is 5.49. The molecule has 0 rings (SSSR count). The summed E-state index contributed by atoms with van der Waals surface area (Å²) in [6.07, 6.45) is 49.5. The number of hydrogen-bond donors (Lipinski definition) is 1. The zero-order chi connectivity index (χ0) is 41.8. The number of carbonyl (C=O) groups is 2. The molecule has 9 heteroatoms. The first-order valence-corrected chi connectivity index (χ1v) is 25.6. The second-order valence-corrected chi connectivity index (χ2v) is 17.6. The lowest BCUT2D eigenvalue weighted by atomic mass is 10.0. The Bertz CT molecular complexity index is 983. The van der Waals surface area contributed by atoms with Gasteiger partial charge in [0.15, 0.2) is 6.10 Å². The maximum Gasteiger partial charge on any atom is 0.472 e. The minimum atomic E-state index is -4.28. The van der Waals surface area contributed by atoms with Crippen LogP contribution in [0.15, 0.2) is 24.3 Å². The quantitative estimate of drug-likeness (QED) is 0.0280. The van der Waals surface area contributed by atoms with Crippen LogP contribution in [0.25, 0.3) is 0 Å². The lowest BCUT2D eigenvalue weighted by Crippen LogP contribution is -2.29. The van der Waals surface area contributed by atoms with E-state index >= 15 is 0 Å². The molecule has 0 heterocycles. The van der Waals surface area contributed by atoms with Crippen molar-refractivity contribution in [1.82, 2.24) is 0 Å². The van der Waals surface area contributed by atoms with Crippen LogP contribution in [-0.2, 0) is 32.7 Å². The topological polar surface area (TPSA) is 108 Å². The van der Waals surface area contributed by atoms with Crippen LogP contribution < -0.4 is 0 Å². The predicted octanol–water partition coefficient (Wildman–Crippen LogP) is 15.4. The Hall–Kier alpha value is -1.47. The van der Waals surface area contributed by atoms with Crippen molar-refractivity contribution >= 4 is 19.8 Å². The van der Waals surface area contributed by atoms with Crippen molar-refractivity contribution in [3.05, 3.63) is 24.3 Å². The van der Waals surface area contributed by atoms with Crippen LogP contribution in [0, 0.1) is 0 Å². The van der Waals surface area contributed by atoms with Crippen molar-refractivity contribution in [2.75, 3.05) is 19.8 Å². The molecule has 0 amide bonds. The molecular weight excluding hydrogens is 735 g/mol. The van der Waals surface area contributed by atoms with Gasteiger partial charge in [-0.15, -0.1) is 0 Å². The van der Waals surface area contributed by atoms with Gasteiger partial charge in [-0.05, 0) is 71.1 Å². The van der Waals surface area contributed by atoms with E-state index in [0.717, 1.165) is 44.9 Å². The van der Waals surface area contributed by atoms with E-state index in [1.807, 2.05) is 0 Å². The molecule has 0 aromatic rings. The third kappa shape index (κ3) is 43.9. The number of unbranched alkanes of at least 4 members (excludes halogenated alkanes) is 29. The molecule has 0 aromatic carbocycles. The summed E-state index contributed by atoms with van der Waals surface area (Å²) in [5.74, 6) is -0.799. The third-order valence-electron chi connectivity index (χ3n) is 10.5. The lowest BCUT2D eigenvalue weighted by Gasteiger charge is -2.19. The van der Waals surface area contributed by atoms with Gasteiger partial charge >= 0.3 is 19.8 Å². The first kappa shape index (κ1) is 55.5. The molecule has 8 nitrogen and oxygen atoms in total. The highest BCUT2D eigenvalue weighted by atomic mass is 31.2. The smallest absolute Gasteiger partial charge is 0.462 e. The van der Waals surface area contributed by atoms with Gasteiger partial charge in [0.1, 0.15) is 6.61 Å². The highest BCUT2D eigenvalue weighted by molar-refractivity contribution is 7.47. The van der Waals surface area contributed by atoms with E-state index in [0.29, 0.717) is 6.42 Å². The molecule has 2 atom stereocenters. The third-order valence-corrected chi connectivity index (χ3v) is 11.5. The predicted molar refractivity (Wildman–Crippen MR) is 239 cm³/mol. The fourth-order valence-electron chi connectivity index (χ4n) is 6.91. The van der Waals surface area contributed by atoms with E-state index in [1.54, 1.807) is 6.92 Å². The maximum absolute atomic E-state index is 12.6. The molecule has 336 valence electrons. The number of allylic oxidation sites excluding steroid dienone is 4. The van der Waals surface area contributed by atoms with Gasteiger partial charge in [0.2, 0.25) is 0 Å². The Morgan fingerprint density at radius 1 is 0.456 bits per heavy atom. The highest BCUT2D eigenvalue weighted by Crippen LogP contribution is 2.43. The average molecular weight is 827 g/mol. The number of phosphoric acid groups is 1. The molecule has 0 saturated carbocycles. The zero-order valence-electron chi connectivity index (χ0n) is 37.5. The SMILES string of the molecule is CCCCCCC/C=C\CCCCCCCC(=O)OCC(COP(=O)(O)OCC)OC(=O)CCCCCCCCCCCCC/C=C\CCCCCCCCCC. The first-order chi connectivity index (χ1) is 27.8. The summed E-state index contributed by atoms with van der Waals surface area (Å²) in [4.78, 5) is 34.8. The van der Waals surface area contributed by atoms with Crippen LogP contribution in [-0.4, -0.2) is 42.8 Å². The van der Waals surface area contributed by atoms with Gasteiger partial charge in [0, 0.05) is 12.8 Å². The molecule has 0 spiro atoms. The molecular formula is C48H91O8P. The number of hydrogen-bond acceptors (Lipinski definition) is 7. The fraction of sp³-hybridized carbons (Fsp3) is 0.875. The first-order valence-electron chi connectivity index (χ1n) is 24.1. The summed E-state index contributed by atoms with van der Waals surface area (Å²) >= 11 is 0. The Kier molecular flexibility index (Phi) is 43.0. The van der Waals surface area contributed by atoms with E-state index in [9.17, 15) is 19.0 Å². The van der Waals surface area contributed by atoms with Crippen LogP contribution in [0.4, 0.5) is 0 Å². The monoisotopic (exact) mass is 827 g/mol. The van der Waals surface area contributed by atoms with E-state index in [1.165, 1.54) is 161 Å². The van der Waals surface area contributed by atoms with Crippen molar-refractivity contribution in [2.24, 2.45) is 0 Å². The summed E-state index contributed by atoms with van der Waals surface area (Å²) in [5.41, 5.74) is 0. The molecule has 1 N–H and O–H groups in total. The van der Waals surface area contributed by atoms with Crippen molar-refractivity contribution < 1.29 is 37.6 Å². The Morgan fingerprint density at radius 3 is 1.16 bits per heavy atom. The molecule has 0 saturated heterocycles. The minimum absolute atomic E-state index is 0.000650. The molecule has 0 radical (unpaired) electrons. The van der Waals surface area contributed by atoms with Crippen LogP contribution in [0.1, 0.15) is 245 Å². The maximum atomic E-state index is 12.6. The Balaban J connectivity index is 3.97. The van der Waals surface area contributed by atoms with Crippen LogP contribution >= 0.6 is 7.82 Å². The van der Waals surface area contributed by atoms with Gasteiger partial charge < -0.3 is 14.4 Å². The lowest BCUT2D eigenvalue weighted by molar-refractivity contribution is -0.161. The number of rotatable bonds is 45. The molecule has 0 bridgehead atoms.